The minimum Gasteiger partial charge on any atom is -0.387 e. The van der Waals surface area contributed by atoms with Gasteiger partial charge in [0.2, 0.25) is 0 Å². The van der Waals surface area contributed by atoms with Crippen LogP contribution in [0.15, 0.2) is 41.1 Å². The number of carbonyl (C=O) groups excluding carboxylic acids is 1. The number of hydrogen-bond donors (Lipinski definition) is 3. The number of hydrogen-bond acceptors (Lipinski definition) is 3. The molecule has 0 spiro atoms. The molecular weight excluding hydrogens is 315 g/mol. The fraction of sp³-hybridized carbons (Fsp3) is 0.353. The number of amides is 2. The molecule has 4 nitrogen and oxygen atoms in total. The van der Waals surface area contributed by atoms with Crippen LogP contribution in [0.4, 0.5) is 9.18 Å². The van der Waals surface area contributed by atoms with Gasteiger partial charge in [-0.05, 0) is 52.9 Å². The second kappa shape index (κ2) is 6.68. The average Bonchev–Trinajstić information content (AvgIpc) is 3.14. The minimum absolute atomic E-state index is 0.147. The second-order valence-corrected chi connectivity index (χ2v) is 6.71. The van der Waals surface area contributed by atoms with Crippen LogP contribution in [0.3, 0.4) is 0 Å². The van der Waals surface area contributed by atoms with Crippen molar-refractivity contribution in [3.63, 3.8) is 0 Å². The average molecular weight is 334 g/mol. The summed E-state index contributed by atoms with van der Waals surface area (Å²) in [6.07, 6.45) is 1.17. The number of aliphatic hydroxyl groups is 1. The third-order valence-corrected chi connectivity index (χ3v) is 4.96. The lowest BCUT2D eigenvalue weighted by Gasteiger charge is -2.18. The summed E-state index contributed by atoms with van der Waals surface area (Å²) in [4.78, 5) is 11.9. The molecule has 1 aromatic carbocycles. The molecule has 0 radical (unpaired) electrons. The molecule has 1 aromatic heterocycles. The first kappa shape index (κ1) is 16.0. The van der Waals surface area contributed by atoms with Gasteiger partial charge >= 0.3 is 6.03 Å². The SMILES string of the molecule is O=C(NCC(O)c1ccsc1)NCC1(c2cccc(F)c2)CC1. The van der Waals surface area contributed by atoms with Gasteiger partial charge < -0.3 is 15.7 Å². The molecule has 3 N–H and O–H groups in total. The fourth-order valence-electron chi connectivity index (χ4n) is 2.62. The Morgan fingerprint density at radius 3 is 2.83 bits per heavy atom. The monoisotopic (exact) mass is 334 g/mol. The fourth-order valence-corrected chi connectivity index (χ4v) is 3.33. The smallest absolute Gasteiger partial charge is 0.314 e. The Labute approximate surface area is 138 Å². The lowest BCUT2D eigenvalue weighted by Crippen LogP contribution is -2.41. The van der Waals surface area contributed by atoms with Crippen molar-refractivity contribution >= 4 is 17.4 Å². The lowest BCUT2D eigenvalue weighted by molar-refractivity contribution is 0.173. The van der Waals surface area contributed by atoms with E-state index in [1.165, 1.54) is 23.5 Å². The van der Waals surface area contributed by atoms with Crippen molar-refractivity contribution in [3.05, 3.63) is 58.0 Å². The van der Waals surface area contributed by atoms with E-state index in [0.29, 0.717) is 6.54 Å². The Morgan fingerprint density at radius 2 is 2.17 bits per heavy atom. The standard InChI is InChI=1S/C17H19FN2O2S/c18-14-3-1-2-13(8-14)17(5-6-17)11-20-16(22)19-9-15(21)12-4-7-23-10-12/h1-4,7-8,10,15,21H,5-6,9,11H2,(H2,19,20,22). The van der Waals surface area contributed by atoms with E-state index in [1.54, 1.807) is 6.07 Å². The van der Waals surface area contributed by atoms with E-state index in [9.17, 15) is 14.3 Å². The maximum absolute atomic E-state index is 13.3. The maximum Gasteiger partial charge on any atom is 0.314 e. The van der Waals surface area contributed by atoms with Crippen molar-refractivity contribution < 1.29 is 14.3 Å². The summed E-state index contributed by atoms with van der Waals surface area (Å²) in [6, 6.07) is 8.07. The molecule has 2 amide bonds. The molecule has 122 valence electrons. The van der Waals surface area contributed by atoms with E-state index in [-0.39, 0.29) is 23.8 Å². The highest BCUT2D eigenvalue weighted by atomic mass is 32.1. The predicted octanol–water partition coefficient (Wildman–Crippen LogP) is 2.95. The molecule has 1 saturated carbocycles. The molecule has 1 heterocycles. The molecule has 1 unspecified atom stereocenters. The molecule has 23 heavy (non-hydrogen) atoms. The summed E-state index contributed by atoms with van der Waals surface area (Å²) in [5.41, 5.74) is 1.58. The Morgan fingerprint density at radius 1 is 1.35 bits per heavy atom. The molecule has 6 heteroatoms. The first-order chi connectivity index (χ1) is 11.1. The van der Waals surface area contributed by atoms with Gasteiger partial charge in [0, 0.05) is 18.5 Å². The summed E-state index contributed by atoms with van der Waals surface area (Å²) in [5, 5.41) is 19.2. The van der Waals surface area contributed by atoms with Crippen LogP contribution in [0.2, 0.25) is 0 Å². The number of rotatable bonds is 6. The van der Waals surface area contributed by atoms with Gasteiger partial charge in [-0.25, -0.2) is 9.18 Å². The lowest BCUT2D eigenvalue weighted by atomic mass is 9.96. The zero-order valence-electron chi connectivity index (χ0n) is 12.6. The van der Waals surface area contributed by atoms with Crippen molar-refractivity contribution in [1.82, 2.24) is 10.6 Å². The van der Waals surface area contributed by atoms with Crippen molar-refractivity contribution in [3.8, 4) is 0 Å². The number of carbonyl (C=O) groups is 1. The first-order valence-corrected chi connectivity index (χ1v) is 8.51. The van der Waals surface area contributed by atoms with E-state index in [4.69, 9.17) is 0 Å². The van der Waals surface area contributed by atoms with Gasteiger partial charge in [-0.15, -0.1) is 0 Å². The summed E-state index contributed by atoms with van der Waals surface area (Å²) in [6.45, 7) is 0.631. The number of nitrogens with one attached hydrogen (secondary N) is 2. The van der Waals surface area contributed by atoms with E-state index >= 15 is 0 Å². The zero-order chi connectivity index (χ0) is 16.3. The molecule has 2 aromatic rings. The Kier molecular flexibility index (Phi) is 4.63. The van der Waals surface area contributed by atoms with Crippen LogP contribution in [-0.2, 0) is 5.41 Å². The molecule has 1 atom stereocenters. The predicted molar refractivity (Wildman–Crippen MR) is 88.0 cm³/mol. The molecule has 0 aliphatic heterocycles. The third kappa shape index (κ3) is 3.89. The number of benzene rings is 1. The largest absolute Gasteiger partial charge is 0.387 e. The Balaban J connectivity index is 1.47. The molecule has 1 fully saturated rings. The van der Waals surface area contributed by atoms with Crippen LogP contribution >= 0.6 is 11.3 Å². The number of thiophene rings is 1. The molecule has 1 aliphatic carbocycles. The van der Waals surface area contributed by atoms with E-state index in [0.717, 1.165) is 24.0 Å². The molecular formula is C17H19FN2O2S. The highest BCUT2D eigenvalue weighted by molar-refractivity contribution is 7.07. The van der Waals surface area contributed by atoms with Gasteiger partial charge in [0.1, 0.15) is 5.82 Å². The van der Waals surface area contributed by atoms with Gasteiger partial charge in [0.25, 0.3) is 0 Å². The molecule has 0 bridgehead atoms. The summed E-state index contributed by atoms with van der Waals surface area (Å²) in [5.74, 6) is -0.253. The van der Waals surface area contributed by atoms with Crippen LogP contribution in [0, 0.1) is 5.82 Å². The first-order valence-electron chi connectivity index (χ1n) is 7.57. The van der Waals surface area contributed by atoms with Crippen molar-refractivity contribution in [1.29, 1.82) is 0 Å². The number of urea groups is 1. The summed E-state index contributed by atoms with van der Waals surface area (Å²) >= 11 is 1.50. The van der Waals surface area contributed by atoms with Crippen molar-refractivity contribution in [2.45, 2.75) is 24.4 Å². The van der Waals surface area contributed by atoms with E-state index in [1.807, 2.05) is 22.9 Å². The Hall–Kier alpha value is -1.92. The molecule has 0 saturated heterocycles. The van der Waals surface area contributed by atoms with Crippen LogP contribution < -0.4 is 10.6 Å². The second-order valence-electron chi connectivity index (χ2n) is 5.93. The number of aliphatic hydroxyl groups excluding tert-OH is 1. The van der Waals surface area contributed by atoms with Gasteiger partial charge in [-0.1, -0.05) is 12.1 Å². The number of halogens is 1. The van der Waals surface area contributed by atoms with Gasteiger partial charge in [0.15, 0.2) is 0 Å². The van der Waals surface area contributed by atoms with Crippen molar-refractivity contribution in [2.24, 2.45) is 0 Å². The maximum atomic E-state index is 13.3. The van der Waals surface area contributed by atoms with Crippen LogP contribution in [0.5, 0.6) is 0 Å². The highest BCUT2D eigenvalue weighted by Crippen LogP contribution is 2.47. The molecule has 1 aliphatic rings. The van der Waals surface area contributed by atoms with Gasteiger partial charge in [0.05, 0.1) is 6.10 Å². The summed E-state index contributed by atoms with van der Waals surface area (Å²) in [7, 11) is 0. The van der Waals surface area contributed by atoms with E-state index in [2.05, 4.69) is 10.6 Å². The summed E-state index contributed by atoms with van der Waals surface area (Å²) < 4.78 is 13.3. The minimum atomic E-state index is -0.704. The zero-order valence-corrected chi connectivity index (χ0v) is 13.4. The van der Waals surface area contributed by atoms with Crippen LogP contribution in [0.1, 0.15) is 30.1 Å². The normalized spacial score (nSPS) is 16.6. The molecule has 3 rings (SSSR count). The van der Waals surface area contributed by atoms with E-state index < -0.39 is 6.10 Å². The van der Waals surface area contributed by atoms with Crippen LogP contribution in [0.25, 0.3) is 0 Å². The third-order valence-electron chi connectivity index (χ3n) is 4.26. The highest BCUT2D eigenvalue weighted by Gasteiger charge is 2.44. The quantitative estimate of drug-likeness (QED) is 0.761. The topological polar surface area (TPSA) is 61.4 Å². The van der Waals surface area contributed by atoms with Crippen LogP contribution in [-0.4, -0.2) is 24.2 Å². The van der Waals surface area contributed by atoms with Crippen molar-refractivity contribution in [2.75, 3.05) is 13.1 Å². The van der Waals surface area contributed by atoms with Gasteiger partial charge in [-0.2, -0.15) is 11.3 Å². The van der Waals surface area contributed by atoms with Gasteiger partial charge in [-0.3, -0.25) is 0 Å². The Bertz CT molecular complexity index is 671.